The van der Waals surface area contributed by atoms with Gasteiger partial charge in [-0.15, -0.1) is 11.3 Å². The molecule has 0 saturated heterocycles. The number of carbonyl (C=O) groups is 1. The van der Waals surface area contributed by atoms with Crippen molar-refractivity contribution >= 4 is 22.4 Å². The summed E-state index contributed by atoms with van der Waals surface area (Å²) < 4.78 is 18.4. The Balaban J connectivity index is 1.84. The molecule has 0 aliphatic carbocycles. The lowest BCUT2D eigenvalue weighted by atomic mass is 10.1. The fourth-order valence-corrected chi connectivity index (χ4v) is 2.86. The molecule has 0 radical (unpaired) electrons. The number of rotatable bonds is 8. The molecule has 0 saturated carbocycles. The minimum absolute atomic E-state index is 0.193. The van der Waals surface area contributed by atoms with Crippen LogP contribution in [0.1, 0.15) is 37.6 Å². The van der Waals surface area contributed by atoms with Gasteiger partial charge in [0.1, 0.15) is 11.9 Å². The number of hydrogen-bond donors (Lipinski definition) is 1. The van der Waals surface area contributed by atoms with Crippen LogP contribution in [-0.2, 0) is 16.0 Å². The van der Waals surface area contributed by atoms with Gasteiger partial charge in [0.25, 0.3) is 5.91 Å². The van der Waals surface area contributed by atoms with Gasteiger partial charge in [0.2, 0.25) is 0 Å². The fraction of sp³-hybridized carbons (Fsp3) is 0.444. The summed E-state index contributed by atoms with van der Waals surface area (Å²) in [5.41, 5.74) is 1.00. The summed E-state index contributed by atoms with van der Waals surface area (Å²) in [4.78, 5) is 17.3. The third-order valence-electron chi connectivity index (χ3n) is 3.51. The molecule has 1 amide bonds. The SMILES string of the molecule is CC(C)CCOC(C)C(=O)Nc1ncc(Cc2ccc(F)cc2)s1. The number of nitrogens with one attached hydrogen (secondary N) is 1. The average molecular weight is 350 g/mol. The zero-order valence-electron chi connectivity index (χ0n) is 14.2. The Hall–Kier alpha value is -1.79. The Bertz CT molecular complexity index is 655. The highest BCUT2D eigenvalue weighted by atomic mass is 32.1. The summed E-state index contributed by atoms with van der Waals surface area (Å²) >= 11 is 1.41. The van der Waals surface area contributed by atoms with Gasteiger partial charge in [0, 0.05) is 24.1 Å². The van der Waals surface area contributed by atoms with E-state index in [1.807, 2.05) is 0 Å². The van der Waals surface area contributed by atoms with Gasteiger partial charge >= 0.3 is 0 Å². The minimum atomic E-state index is -0.506. The molecule has 0 spiro atoms. The Kier molecular flexibility index (Phi) is 6.87. The average Bonchev–Trinajstić information content (AvgIpc) is 2.96. The number of halogens is 1. The predicted molar refractivity (Wildman–Crippen MR) is 94.8 cm³/mol. The van der Waals surface area contributed by atoms with Crippen molar-refractivity contribution in [2.45, 2.75) is 39.7 Å². The summed E-state index contributed by atoms with van der Waals surface area (Å²) in [7, 11) is 0. The van der Waals surface area contributed by atoms with Crippen molar-refractivity contribution in [3.05, 3.63) is 46.7 Å². The number of hydrogen-bond acceptors (Lipinski definition) is 4. The van der Waals surface area contributed by atoms with E-state index in [2.05, 4.69) is 24.1 Å². The molecule has 24 heavy (non-hydrogen) atoms. The molecular weight excluding hydrogens is 327 g/mol. The second kappa shape index (κ2) is 8.89. The highest BCUT2D eigenvalue weighted by molar-refractivity contribution is 7.15. The summed E-state index contributed by atoms with van der Waals surface area (Å²) in [5.74, 6) is 0.108. The Morgan fingerprint density at radius 3 is 2.67 bits per heavy atom. The van der Waals surface area contributed by atoms with Crippen molar-refractivity contribution in [1.82, 2.24) is 4.98 Å². The number of benzene rings is 1. The monoisotopic (exact) mass is 350 g/mol. The summed E-state index contributed by atoms with van der Waals surface area (Å²) in [6.45, 7) is 6.54. The first-order valence-electron chi connectivity index (χ1n) is 8.05. The van der Waals surface area contributed by atoms with Gasteiger partial charge in [0.05, 0.1) is 0 Å². The summed E-state index contributed by atoms with van der Waals surface area (Å²) in [5, 5.41) is 3.33. The van der Waals surface area contributed by atoms with Crippen LogP contribution in [-0.4, -0.2) is 23.6 Å². The van der Waals surface area contributed by atoms with Gasteiger partial charge in [-0.25, -0.2) is 9.37 Å². The summed E-state index contributed by atoms with van der Waals surface area (Å²) in [6, 6.07) is 6.38. The van der Waals surface area contributed by atoms with E-state index in [9.17, 15) is 9.18 Å². The van der Waals surface area contributed by atoms with Crippen LogP contribution in [0.5, 0.6) is 0 Å². The van der Waals surface area contributed by atoms with E-state index >= 15 is 0 Å². The molecular formula is C18H23FN2O2S. The van der Waals surface area contributed by atoms with Crippen LogP contribution >= 0.6 is 11.3 Å². The Morgan fingerprint density at radius 2 is 2.00 bits per heavy atom. The largest absolute Gasteiger partial charge is 0.369 e. The van der Waals surface area contributed by atoms with Crippen molar-refractivity contribution in [3.63, 3.8) is 0 Å². The smallest absolute Gasteiger partial charge is 0.254 e. The molecule has 1 aromatic carbocycles. The number of aromatic nitrogens is 1. The van der Waals surface area contributed by atoms with Gasteiger partial charge in [-0.05, 0) is 37.0 Å². The van der Waals surface area contributed by atoms with Crippen LogP contribution in [0.2, 0.25) is 0 Å². The number of thiazole rings is 1. The molecule has 1 unspecified atom stereocenters. The molecule has 0 aliphatic heterocycles. The lowest BCUT2D eigenvalue weighted by Crippen LogP contribution is -2.28. The first kappa shape index (κ1) is 18.5. The van der Waals surface area contributed by atoms with Crippen LogP contribution in [0.4, 0.5) is 9.52 Å². The molecule has 1 atom stereocenters. The molecule has 2 rings (SSSR count). The van der Waals surface area contributed by atoms with Crippen LogP contribution in [0, 0.1) is 11.7 Å². The molecule has 4 nitrogen and oxygen atoms in total. The molecule has 1 aromatic heterocycles. The summed E-state index contributed by atoms with van der Waals surface area (Å²) in [6.07, 6.45) is 2.81. The second-order valence-electron chi connectivity index (χ2n) is 6.12. The molecule has 2 aromatic rings. The maximum atomic E-state index is 12.9. The fourth-order valence-electron chi connectivity index (χ4n) is 2.01. The molecule has 0 fully saturated rings. The number of anilines is 1. The van der Waals surface area contributed by atoms with Crippen molar-refractivity contribution in [2.75, 3.05) is 11.9 Å². The first-order valence-corrected chi connectivity index (χ1v) is 8.87. The topological polar surface area (TPSA) is 51.2 Å². The van der Waals surface area contributed by atoms with Gasteiger partial charge in [-0.3, -0.25) is 10.1 Å². The molecule has 0 bridgehead atoms. The highest BCUT2D eigenvalue weighted by Crippen LogP contribution is 2.21. The second-order valence-corrected chi connectivity index (χ2v) is 7.23. The van der Waals surface area contributed by atoms with E-state index in [0.717, 1.165) is 16.9 Å². The van der Waals surface area contributed by atoms with E-state index in [1.54, 1.807) is 25.3 Å². The van der Waals surface area contributed by atoms with Crippen molar-refractivity contribution in [3.8, 4) is 0 Å². The van der Waals surface area contributed by atoms with Crippen LogP contribution in [0.25, 0.3) is 0 Å². The van der Waals surface area contributed by atoms with Crippen LogP contribution < -0.4 is 5.32 Å². The third-order valence-corrected chi connectivity index (χ3v) is 4.42. The van der Waals surface area contributed by atoms with E-state index in [0.29, 0.717) is 24.1 Å². The third kappa shape index (κ3) is 6.02. The Morgan fingerprint density at radius 1 is 1.29 bits per heavy atom. The zero-order valence-corrected chi connectivity index (χ0v) is 15.0. The molecule has 1 heterocycles. The van der Waals surface area contributed by atoms with E-state index in [1.165, 1.54) is 23.5 Å². The van der Waals surface area contributed by atoms with Crippen molar-refractivity contribution in [1.29, 1.82) is 0 Å². The van der Waals surface area contributed by atoms with E-state index in [-0.39, 0.29) is 11.7 Å². The normalized spacial score (nSPS) is 12.4. The number of nitrogens with zero attached hydrogens (tertiary/aromatic N) is 1. The molecule has 130 valence electrons. The Labute approximate surface area is 146 Å². The van der Waals surface area contributed by atoms with Gasteiger partial charge in [-0.2, -0.15) is 0 Å². The van der Waals surface area contributed by atoms with Crippen molar-refractivity contribution < 1.29 is 13.9 Å². The lowest BCUT2D eigenvalue weighted by Gasteiger charge is -2.13. The predicted octanol–water partition coefficient (Wildman–Crippen LogP) is 4.26. The zero-order chi connectivity index (χ0) is 17.5. The molecule has 6 heteroatoms. The maximum absolute atomic E-state index is 12.9. The standard InChI is InChI=1S/C18H23FN2O2S/c1-12(2)8-9-23-13(3)17(22)21-18-20-11-16(24-18)10-14-4-6-15(19)7-5-14/h4-7,11-13H,8-10H2,1-3H3,(H,20,21,22). The van der Waals surface area contributed by atoms with Gasteiger partial charge in [0.15, 0.2) is 5.13 Å². The quantitative estimate of drug-likeness (QED) is 0.774. The highest BCUT2D eigenvalue weighted by Gasteiger charge is 2.15. The number of carbonyl (C=O) groups excluding carboxylic acids is 1. The van der Waals surface area contributed by atoms with Crippen molar-refractivity contribution in [2.24, 2.45) is 5.92 Å². The van der Waals surface area contributed by atoms with Crippen LogP contribution in [0.15, 0.2) is 30.5 Å². The first-order chi connectivity index (χ1) is 11.4. The van der Waals surface area contributed by atoms with Gasteiger partial charge in [-0.1, -0.05) is 26.0 Å². The lowest BCUT2D eigenvalue weighted by molar-refractivity contribution is -0.126. The number of ether oxygens (including phenoxy) is 1. The van der Waals surface area contributed by atoms with E-state index in [4.69, 9.17) is 4.74 Å². The van der Waals surface area contributed by atoms with Crippen LogP contribution in [0.3, 0.4) is 0 Å². The molecule has 0 aliphatic rings. The van der Waals surface area contributed by atoms with E-state index < -0.39 is 6.10 Å². The number of amides is 1. The van der Waals surface area contributed by atoms with Gasteiger partial charge < -0.3 is 4.74 Å². The minimum Gasteiger partial charge on any atom is -0.369 e. The molecule has 1 N–H and O–H groups in total. The maximum Gasteiger partial charge on any atom is 0.254 e.